The minimum atomic E-state index is -2.20. The van der Waals surface area contributed by atoms with E-state index in [9.17, 15) is 154 Å². The van der Waals surface area contributed by atoms with Crippen LogP contribution in [0.2, 0.25) is 0 Å². The summed E-state index contributed by atoms with van der Waals surface area (Å²) in [7, 11) is 1.15. The van der Waals surface area contributed by atoms with Crippen LogP contribution in [0, 0.1) is 17.8 Å². The fourth-order valence-corrected chi connectivity index (χ4v) is 10.8. The maximum absolute atomic E-state index is 14.7. The number of H-pyrrole nitrogens is 1. The minimum Gasteiger partial charge on any atom is -0.481 e. The lowest BCUT2D eigenvalue weighted by Gasteiger charge is -2.26. The molecule has 1 aromatic carbocycles. The van der Waals surface area contributed by atoms with Gasteiger partial charge in [-0.05, 0) is 62.8 Å². The quantitative estimate of drug-likeness (QED) is 0.0249. The summed E-state index contributed by atoms with van der Waals surface area (Å²) in [6, 6.07) is -0.218. The van der Waals surface area contributed by atoms with Gasteiger partial charge in [-0.25, -0.2) is 14.8 Å². The number of aliphatic hydroxyl groups is 15. The molecule has 45 nitrogen and oxygen atoms in total. The first kappa shape index (κ1) is 95.4. The van der Waals surface area contributed by atoms with Gasteiger partial charge < -0.3 is 140 Å². The molecule has 2 heterocycles. The Morgan fingerprint density at radius 2 is 0.856 bits per heavy atom. The lowest BCUT2D eigenvalue weighted by Crippen LogP contribution is -2.50. The largest absolute Gasteiger partial charge is 0.481 e. The average Bonchev–Trinajstić information content (AvgIpc) is 0.807. The van der Waals surface area contributed by atoms with E-state index in [4.69, 9.17) is 10.8 Å². The van der Waals surface area contributed by atoms with E-state index in [1.54, 1.807) is 0 Å². The number of carboxylic acids is 3. The normalized spacial score (nSPS) is 16.4. The molecule has 45 heteroatoms. The molecule has 7 amide bonds. The van der Waals surface area contributed by atoms with E-state index in [-0.39, 0.29) is 29.2 Å². The van der Waals surface area contributed by atoms with Gasteiger partial charge in [0.15, 0.2) is 22.7 Å². The van der Waals surface area contributed by atoms with Crippen molar-refractivity contribution in [1.82, 2.24) is 57.2 Å². The van der Waals surface area contributed by atoms with Gasteiger partial charge in [0.2, 0.25) is 41.4 Å². The predicted octanol–water partition coefficient (Wildman–Crippen LogP) is -11.0. The Morgan fingerprint density at radius 3 is 1.28 bits per heavy atom. The lowest BCUT2D eigenvalue weighted by molar-refractivity contribution is -0.140. The molecule has 0 saturated carbocycles. The molecular formula is C66H99N13O32. The molecule has 29 N–H and O–H groups in total. The van der Waals surface area contributed by atoms with Crippen molar-refractivity contribution in [1.29, 1.82) is 0 Å². The minimum absolute atomic E-state index is 0.00439. The van der Waals surface area contributed by atoms with E-state index < -0.39 is 327 Å². The highest BCUT2D eigenvalue weighted by Gasteiger charge is 2.38. The van der Waals surface area contributed by atoms with Crippen molar-refractivity contribution in [3.63, 3.8) is 0 Å². The first-order valence-electron chi connectivity index (χ1n) is 34.8. The number of anilines is 2. The number of nitrogens with zero attached hydrogens (tertiary/aromatic N) is 3. The number of aromatic nitrogens is 4. The molecule has 2 aromatic heterocycles. The van der Waals surface area contributed by atoms with Gasteiger partial charge in [0, 0.05) is 113 Å². The summed E-state index contributed by atoms with van der Waals surface area (Å²) in [4.78, 5) is 202. The second-order valence-electron chi connectivity index (χ2n) is 26.0. The van der Waals surface area contributed by atoms with Gasteiger partial charge in [0.05, 0.1) is 68.7 Å². The number of ketones is 3. The Kier molecular flexibility index (Phi) is 41.3. The number of carbonyl (C=O) groups excluding carboxylic acids is 10. The highest BCUT2D eigenvalue weighted by Crippen LogP contribution is 2.23. The monoisotopic (exact) mass is 1590 g/mol. The number of aliphatic hydroxyl groups excluding tert-OH is 15. The zero-order chi connectivity index (χ0) is 83.5. The molecule has 18 atom stereocenters. The van der Waals surface area contributed by atoms with Crippen molar-refractivity contribution in [2.45, 2.75) is 194 Å². The molecule has 0 radical (unpaired) electrons. The van der Waals surface area contributed by atoms with Crippen LogP contribution in [0.5, 0.6) is 0 Å². The number of nitrogen functional groups attached to an aromatic ring is 1. The number of fused-ring (bicyclic) bond motifs is 1. The summed E-state index contributed by atoms with van der Waals surface area (Å²) in [6.07, 6.45) is -35.3. The fraction of sp³-hybridized carbons (Fsp3) is 0.621. The maximum atomic E-state index is 14.7. The molecular weight excluding hydrogens is 1490 g/mol. The van der Waals surface area contributed by atoms with Crippen LogP contribution in [0.25, 0.3) is 11.2 Å². The van der Waals surface area contributed by atoms with Gasteiger partial charge in [-0.15, -0.1) is 0 Å². The van der Waals surface area contributed by atoms with Crippen LogP contribution in [0.1, 0.15) is 112 Å². The summed E-state index contributed by atoms with van der Waals surface area (Å²) in [5, 5.41) is 197. The average molecular weight is 1590 g/mol. The summed E-state index contributed by atoms with van der Waals surface area (Å²) in [5.41, 5.74) is 5.48. The SMILES string of the molecule is CNC(=O)[C@H](CCC(=O)O)CC(=O)[C@H](CCC(=O)NC[C@H](O)[C@@H](O)[C@H](O)[C@H](O)CO)NC(=O)[C@H](CCC(=O)NC[C@H](O)[C@@H](O)[C@H](O)[C@H](O)CO)CC(=O)[C@H](CCC(=O)O)NC(=O)[C@H](CCC(=O)NC[C@H](O)[C@@H](O)[C@H](O)[C@H](O)CO)CC(=O)CC[C@H](NC(=O)c1ccc(NCc2cnc3nc(N)[nH]c(=O)c3n2)cc1)C(=O)O. The Bertz CT molecular complexity index is 3670. The third-order valence-electron chi connectivity index (χ3n) is 17.5. The molecule has 0 aliphatic rings. The van der Waals surface area contributed by atoms with Crippen LogP contribution >= 0.6 is 0 Å². The van der Waals surface area contributed by atoms with Crippen molar-refractivity contribution < 1.29 is 154 Å². The third kappa shape index (κ3) is 32.9. The Labute approximate surface area is 630 Å². The van der Waals surface area contributed by atoms with E-state index in [0.717, 1.165) is 7.05 Å². The van der Waals surface area contributed by atoms with Crippen molar-refractivity contribution in [3.8, 4) is 0 Å². The molecule has 0 spiro atoms. The number of hydrogen-bond donors (Lipinski definition) is 28. The molecule has 0 fully saturated rings. The number of nitrogens with two attached hydrogens (primary N) is 1. The summed E-state index contributed by atoms with van der Waals surface area (Å²) >= 11 is 0. The molecule has 3 aromatic rings. The highest BCUT2D eigenvalue weighted by molar-refractivity contribution is 5.98. The number of hydrogen-bond acceptors (Lipinski definition) is 34. The first-order valence-corrected chi connectivity index (χ1v) is 34.8. The van der Waals surface area contributed by atoms with Crippen LogP contribution in [-0.4, -0.2) is 326 Å². The molecule has 0 unspecified atom stereocenters. The van der Waals surface area contributed by atoms with Crippen molar-refractivity contribution >= 4 is 99.4 Å². The van der Waals surface area contributed by atoms with Gasteiger partial charge in [-0.3, -0.25) is 67.3 Å². The van der Waals surface area contributed by atoms with Gasteiger partial charge in [-0.2, -0.15) is 4.98 Å². The van der Waals surface area contributed by atoms with Gasteiger partial charge in [0.1, 0.15) is 66.8 Å². The van der Waals surface area contributed by atoms with E-state index in [1.165, 1.54) is 30.5 Å². The summed E-state index contributed by atoms with van der Waals surface area (Å²) in [6.45, 7) is -5.76. The van der Waals surface area contributed by atoms with Gasteiger partial charge in [0.25, 0.3) is 11.5 Å². The summed E-state index contributed by atoms with van der Waals surface area (Å²) < 4.78 is 0. The zero-order valence-corrected chi connectivity index (χ0v) is 60.0. The van der Waals surface area contributed by atoms with Crippen molar-refractivity contribution in [2.24, 2.45) is 17.8 Å². The Hall–Kier alpha value is -9.85. The Morgan fingerprint density at radius 1 is 0.468 bits per heavy atom. The van der Waals surface area contributed by atoms with Crippen LogP contribution in [0.3, 0.4) is 0 Å². The molecule has 3 rings (SSSR count). The third-order valence-corrected chi connectivity index (χ3v) is 17.5. The van der Waals surface area contributed by atoms with E-state index in [2.05, 4.69) is 62.5 Å². The number of rotatable bonds is 55. The number of carboxylic acid groups (broad SMARTS) is 3. The fourth-order valence-electron chi connectivity index (χ4n) is 10.8. The topological polar surface area (TPSA) is 780 Å². The molecule has 111 heavy (non-hydrogen) atoms. The smallest absolute Gasteiger partial charge is 0.326 e. The Balaban J connectivity index is 2.04. The number of amides is 7. The summed E-state index contributed by atoms with van der Waals surface area (Å²) in [5.74, 6) is -20.7. The molecule has 0 aliphatic carbocycles. The molecule has 0 aliphatic heterocycles. The number of nitrogens with one attached hydrogen (secondary N) is 9. The highest BCUT2D eigenvalue weighted by atomic mass is 16.4. The maximum Gasteiger partial charge on any atom is 0.326 e. The molecule has 0 bridgehead atoms. The number of carbonyl (C=O) groups is 13. The standard InChI is InChI=1S/C66H99N13O32/c1-68-60(105)31(6-16-50(95)96)19-39(84)36(11-15-49(94)72-25-43(88)55(101)58(104)46(91)28-82)75-63(108)32(5-14-48(93)71-24-42(87)54(100)57(103)45(90)27-81)20-40(85)37(12-17-51(97)98)76-62(107)30(4-13-47(92)70-23-41(86)53(99)56(102)44(89)26-80)18-35(83)9-10-38(65(110)111)77-61(106)29-2-7-33(8-3-29)69-21-34-22-73-59-52(74-34)64(109)79-66(67)78-59/h2-3,7-8,22,30-32,36-38,41-46,53-58,69,80-82,86-91,99-104H,4-6,9-21,23-28H2,1H3,(H,68,105)(H,70,92)(H,71,93)(H,72,94)(H,75,108)(H,76,107)(H,77,106)(H,95,96)(H,97,98)(H,110,111)(H3,67,73,78,79,109)/t30-,31-,32-,36+,37+,38+,41+,42+,43+,44-,45-,46-,53-,54-,55-,56-,57-,58-/m1/s1. The van der Waals surface area contributed by atoms with Crippen molar-refractivity contribution in [2.75, 3.05) is 57.6 Å². The van der Waals surface area contributed by atoms with Crippen LogP contribution in [0.15, 0.2) is 35.3 Å². The van der Waals surface area contributed by atoms with Crippen molar-refractivity contribution in [3.05, 3.63) is 52.1 Å². The van der Waals surface area contributed by atoms with Crippen LogP contribution in [-0.2, 0) is 64.1 Å². The number of benzene rings is 1. The first-order chi connectivity index (χ1) is 52.2. The number of Topliss-reactive ketones (excluding diaryl/α,β-unsaturated/α-hetero) is 3. The second-order valence-corrected chi connectivity index (χ2v) is 26.0. The lowest BCUT2D eigenvalue weighted by atomic mass is 9.89. The number of aliphatic carboxylic acids is 3. The van der Waals surface area contributed by atoms with E-state index >= 15 is 0 Å². The predicted molar refractivity (Wildman–Crippen MR) is 375 cm³/mol. The zero-order valence-electron chi connectivity index (χ0n) is 60.0. The van der Waals surface area contributed by atoms with E-state index in [0.29, 0.717) is 11.4 Å². The molecule has 0 saturated heterocycles. The van der Waals surface area contributed by atoms with Crippen LogP contribution < -0.4 is 53.8 Å². The van der Waals surface area contributed by atoms with E-state index in [1.807, 2.05) is 0 Å². The molecule has 620 valence electrons. The van der Waals surface area contributed by atoms with Crippen LogP contribution in [0.4, 0.5) is 11.6 Å². The van der Waals surface area contributed by atoms with Gasteiger partial charge in [-0.1, -0.05) is 0 Å². The van der Waals surface area contributed by atoms with Gasteiger partial charge >= 0.3 is 17.9 Å². The number of aromatic amines is 1. The second kappa shape index (κ2) is 48.0.